The van der Waals surface area contributed by atoms with Gasteiger partial charge < -0.3 is 10.2 Å². The summed E-state index contributed by atoms with van der Waals surface area (Å²) in [6, 6.07) is 14.1. The monoisotopic (exact) mass is 300 g/mol. The molecular formula is C18H24N2S. The van der Waals surface area contributed by atoms with E-state index in [9.17, 15) is 0 Å². The van der Waals surface area contributed by atoms with Crippen LogP contribution in [0, 0.1) is 0 Å². The van der Waals surface area contributed by atoms with Crippen LogP contribution in [0.15, 0.2) is 41.8 Å². The van der Waals surface area contributed by atoms with Gasteiger partial charge in [0.25, 0.3) is 0 Å². The van der Waals surface area contributed by atoms with Gasteiger partial charge in [0.2, 0.25) is 0 Å². The molecule has 2 nitrogen and oxygen atoms in total. The Kier molecular flexibility index (Phi) is 4.73. The van der Waals surface area contributed by atoms with Crippen LogP contribution in [0.5, 0.6) is 0 Å². The van der Waals surface area contributed by atoms with Gasteiger partial charge in [0.15, 0.2) is 0 Å². The first-order chi connectivity index (χ1) is 10.3. The normalized spacial score (nSPS) is 19.5. The predicted octanol–water partition coefficient (Wildman–Crippen LogP) is 4.02. The van der Waals surface area contributed by atoms with Crippen LogP contribution in [0.25, 0.3) is 0 Å². The van der Waals surface area contributed by atoms with Gasteiger partial charge in [-0.15, -0.1) is 11.3 Å². The average Bonchev–Trinajstić information content (AvgIpc) is 2.97. The number of benzene rings is 1. The van der Waals surface area contributed by atoms with Crippen molar-refractivity contribution in [2.24, 2.45) is 0 Å². The van der Waals surface area contributed by atoms with Crippen LogP contribution in [0.3, 0.4) is 0 Å². The molecule has 0 amide bonds. The third-order valence-corrected chi connectivity index (χ3v) is 5.41. The van der Waals surface area contributed by atoms with E-state index in [4.69, 9.17) is 0 Å². The minimum Gasteiger partial charge on any atom is -0.308 e. The van der Waals surface area contributed by atoms with E-state index in [1.165, 1.54) is 30.4 Å². The van der Waals surface area contributed by atoms with Gasteiger partial charge >= 0.3 is 0 Å². The molecule has 0 saturated carbocycles. The molecule has 2 atom stereocenters. The Bertz CT molecular complexity index is 562. The summed E-state index contributed by atoms with van der Waals surface area (Å²) in [7, 11) is 4.33. The van der Waals surface area contributed by atoms with Crippen LogP contribution in [0.4, 0.5) is 0 Å². The van der Waals surface area contributed by atoms with Crippen molar-refractivity contribution in [3.8, 4) is 0 Å². The standard InChI is InChI=1S/C18H24N2S/c1-20(2)17(14-7-4-3-5-8-14)13-19-16-9-6-10-18-15(16)11-12-21-18/h3-5,7-8,11-12,16-17,19H,6,9-10,13H2,1-2H3. The van der Waals surface area contributed by atoms with Crippen LogP contribution in [-0.2, 0) is 6.42 Å². The number of likely N-dealkylation sites (N-methyl/N-ethyl adjacent to an activating group) is 1. The molecule has 3 heteroatoms. The van der Waals surface area contributed by atoms with Crippen LogP contribution in [0.2, 0.25) is 0 Å². The van der Waals surface area contributed by atoms with Crippen molar-refractivity contribution in [3.63, 3.8) is 0 Å². The highest BCUT2D eigenvalue weighted by atomic mass is 32.1. The largest absolute Gasteiger partial charge is 0.308 e. The second-order valence-electron chi connectivity index (χ2n) is 6.04. The highest BCUT2D eigenvalue weighted by molar-refractivity contribution is 7.10. The molecule has 0 spiro atoms. The third-order valence-electron chi connectivity index (χ3n) is 4.42. The van der Waals surface area contributed by atoms with Gasteiger partial charge in [0.05, 0.1) is 0 Å². The number of nitrogens with one attached hydrogen (secondary N) is 1. The fourth-order valence-corrected chi connectivity index (χ4v) is 4.21. The van der Waals surface area contributed by atoms with E-state index in [2.05, 4.69) is 66.1 Å². The highest BCUT2D eigenvalue weighted by Crippen LogP contribution is 2.33. The summed E-state index contributed by atoms with van der Waals surface area (Å²) in [4.78, 5) is 3.89. The smallest absolute Gasteiger partial charge is 0.0467 e. The number of hydrogen-bond acceptors (Lipinski definition) is 3. The van der Waals surface area contributed by atoms with Crippen molar-refractivity contribution in [2.75, 3.05) is 20.6 Å². The molecule has 3 rings (SSSR count). The number of rotatable bonds is 5. The summed E-state index contributed by atoms with van der Waals surface area (Å²) < 4.78 is 0. The van der Waals surface area contributed by atoms with Gasteiger partial charge in [-0.2, -0.15) is 0 Å². The van der Waals surface area contributed by atoms with Gasteiger partial charge in [-0.25, -0.2) is 0 Å². The fraction of sp³-hybridized carbons (Fsp3) is 0.444. The van der Waals surface area contributed by atoms with Gasteiger partial charge in [0, 0.05) is 23.5 Å². The Labute approximate surface area is 131 Å². The molecule has 21 heavy (non-hydrogen) atoms. The molecular weight excluding hydrogens is 276 g/mol. The SMILES string of the molecule is CN(C)C(CNC1CCCc2sccc21)c1ccccc1. The molecule has 1 N–H and O–H groups in total. The molecule has 112 valence electrons. The lowest BCUT2D eigenvalue weighted by Crippen LogP contribution is -2.34. The molecule has 0 radical (unpaired) electrons. The number of aryl methyl sites for hydroxylation is 1. The number of fused-ring (bicyclic) bond motifs is 1. The summed E-state index contributed by atoms with van der Waals surface area (Å²) in [5.74, 6) is 0. The van der Waals surface area contributed by atoms with Gasteiger partial charge in [-0.1, -0.05) is 30.3 Å². The fourth-order valence-electron chi connectivity index (χ4n) is 3.23. The number of hydrogen-bond donors (Lipinski definition) is 1. The van der Waals surface area contributed by atoms with Gasteiger partial charge in [-0.05, 0) is 55.9 Å². The molecule has 1 heterocycles. The van der Waals surface area contributed by atoms with Crippen molar-refractivity contribution >= 4 is 11.3 Å². The molecule has 0 aliphatic heterocycles. The predicted molar refractivity (Wildman–Crippen MR) is 90.9 cm³/mol. The minimum absolute atomic E-state index is 0.426. The van der Waals surface area contributed by atoms with Crippen molar-refractivity contribution in [1.29, 1.82) is 0 Å². The first-order valence-electron chi connectivity index (χ1n) is 7.76. The van der Waals surface area contributed by atoms with E-state index < -0.39 is 0 Å². The quantitative estimate of drug-likeness (QED) is 0.897. The van der Waals surface area contributed by atoms with Crippen molar-refractivity contribution < 1.29 is 0 Å². The van der Waals surface area contributed by atoms with E-state index in [0.29, 0.717) is 12.1 Å². The molecule has 2 unspecified atom stereocenters. The second kappa shape index (κ2) is 6.73. The maximum absolute atomic E-state index is 3.81. The van der Waals surface area contributed by atoms with Crippen molar-refractivity contribution in [3.05, 3.63) is 57.8 Å². The van der Waals surface area contributed by atoms with E-state index >= 15 is 0 Å². The van der Waals surface area contributed by atoms with E-state index in [1.807, 2.05) is 11.3 Å². The summed E-state index contributed by atoms with van der Waals surface area (Å²) in [6.07, 6.45) is 3.84. The third kappa shape index (κ3) is 3.37. The van der Waals surface area contributed by atoms with E-state index in [0.717, 1.165) is 6.54 Å². The van der Waals surface area contributed by atoms with Crippen molar-refractivity contribution in [1.82, 2.24) is 10.2 Å². The summed E-state index contributed by atoms with van der Waals surface area (Å²) >= 11 is 1.92. The summed E-state index contributed by atoms with van der Waals surface area (Å²) in [6.45, 7) is 0.997. The highest BCUT2D eigenvalue weighted by Gasteiger charge is 2.22. The number of nitrogens with zero attached hydrogens (tertiary/aromatic N) is 1. The van der Waals surface area contributed by atoms with Crippen molar-refractivity contribution in [2.45, 2.75) is 31.3 Å². The van der Waals surface area contributed by atoms with Crippen LogP contribution >= 0.6 is 11.3 Å². The lowest BCUT2D eigenvalue weighted by molar-refractivity contribution is 0.275. The lowest BCUT2D eigenvalue weighted by Gasteiger charge is -2.30. The van der Waals surface area contributed by atoms with E-state index in [-0.39, 0.29) is 0 Å². The van der Waals surface area contributed by atoms with Gasteiger partial charge in [-0.3, -0.25) is 0 Å². The summed E-state index contributed by atoms with van der Waals surface area (Å²) in [5.41, 5.74) is 2.92. The Morgan fingerprint density at radius 3 is 2.81 bits per heavy atom. The molecule has 0 fully saturated rings. The molecule has 0 saturated heterocycles. The lowest BCUT2D eigenvalue weighted by atomic mass is 9.93. The first-order valence-corrected chi connectivity index (χ1v) is 8.64. The minimum atomic E-state index is 0.426. The van der Waals surface area contributed by atoms with Gasteiger partial charge in [0.1, 0.15) is 0 Å². The molecule has 2 aromatic rings. The Balaban J connectivity index is 1.69. The zero-order chi connectivity index (χ0) is 14.7. The van der Waals surface area contributed by atoms with Crippen LogP contribution < -0.4 is 5.32 Å². The Morgan fingerprint density at radius 1 is 1.24 bits per heavy atom. The molecule has 1 aromatic carbocycles. The van der Waals surface area contributed by atoms with E-state index in [1.54, 1.807) is 4.88 Å². The molecule has 1 aromatic heterocycles. The average molecular weight is 300 g/mol. The molecule has 1 aliphatic rings. The zero-order valence-electron chi connectivity index (χ0n) is 12.9. The second-order valence-corrected chi connectivity index (χ2v) is 7.04. The Hall–Kier alpha value is -1.16. The molecule has 0 bridgehead atoms. The maximum atomic E-state index is 3.81. The maximum Gasteiger partial charge on any atom is 0.0467 e. The Morgan fingerprint density at radius 2 is 2.05 bits per heavy atom. The van der Waals surface area contributed by atoms with Crippen LogP contribution in [-0.4, -0.2) is 25.5 Å². The number of thiophene rings is 1. The molecule has 1 aliphatic carbocycles. The van der Waals surface area contributed by atoms with Crippen LogP contribution in [0.1, 0.15) is 40.9 Å². The summed E-state index contributed by atoms with van der Waals surface area (Å²) in [5, 5.41) is 6.05. The topological polar surface area (TPSA) is 15.3 Å². The zero-order valence-corrected chi connectivity index (χ0v) is 13.7. The first kappa shape index (κ1) is 14.8.